The van der Waals surface area contributed by atoms with Crippen molar-refractivity contribution < 1.29 is 9.15 Å². The molecular formula is C15H22N6O2S2. The Balaban J connectivity index is 1.64. The van der Waals surface area contributed by atoms with Crippen LogP contribution in [0, 0.1) is 11.8 Å². The maximum Gasteiger partial charge on any atom is 0.288 e. The zero-order valence-corrected chi connectivity index (χ0v) is 16.3. The van der Waals surface area contributed by atoms with Gasteiger partial charge in [0.15, 0.2) is 0 Å². The number of aryl methyl sites for hydroxylation is 1. The van der Waals surface area contributed by atoms with Gasteiger partial charge < -0.3 is 14.1 Å². The highest BCUT2D eigenvalue weighted by molar-refractivity contribution is 7.98. The molecule has 0 saturated carbocycles. The second kappa shape index (κ2) is 8.26. The first-order valence-corrected chi connectivity index (χ1v) is 9.43. The highest BCUT2D eigenvalue weighted by Crippen LogP contribution is 2.22. The summed E-state index contributed by atoms with van der Waals surface area (Å²) in [4.78, 5) is 13.5. The van der Waals surface area contributed by atoms with Crippen molar-refractivity contribution in [3.8, 4) is 0 Å². The molecular weight excluding hydrogens is 360 g/mol. The Hall–Kier alpha value is -1.49. The molecule has 3 heterocycles. The van der Waals surface area contributed by atoms with Crippen LogP contribution >= 0.6 is 24.0 Å². The Morgan fingerprint density at radius 3 is 2.76 bits per heavy atom. The smallest absolute Gasteiger partial charge is 0.288 e. The van der Waals surface area contributed by atoms with Gasteiger partial charge in [0.25, 0.3) is 4.84 Å². The number of rotatable bonds is 6. The molecule has 0 aromatic carbocycles. The minimum absolute atomic E-state index is 0.398. The molecule has 0 N–H and O–H groups in total. The van der Waals surface area contributed by atoms with E-state index in [4.69, 9.17) is 21.4 Å². The van der Waals surface area contributed by atoms with E-state index < -0.39 is 0 Å². The third-order valence-corrected chi connectivity index (χ3v) is 4.84. The van der Waals surface area contributed by atoms with Gasteiger partial charge in [-0.1, -0.05) is 11.8 Å². The highest BCUT2D eigenvalue weighted by atomic mass is 32.2. The van der Waals surface area contributed by atoms with Crippen molar-refractivity contribution in [2.45, 2.75) is 24.4 Å². The first kappa shape index (κ1) is 18.3. The Kier molecular flexibility index (Phi) is 6.05. The first-order valence-electron chi connectivity index (χ1n) is 8.04. The molecule has 0 amide bonds. The van der Waals surface area contributed by atoms with Crippen molar-refractivity contribution in [3.05, 3.63) is 22.5 Å². The summed E-state index contributed by atoms with van der Waals surface area (Å²) in [6, 6.07) is 1.96. The van der Waals surface area contributed by atoms with Gasteiger partial charge in [-0.2, -0.15) is 0 Å². The average molecular weight is 383 g/mol. The largest absolute Gasteiger partial charge is 0.413 e. The third kappa shape index (κ3) is 5.00. The molecule has 1 aliphatic rings. The molecule has 0 unspecified atom stereocenters. The molecule has 2 aromatic heterocycles. The van der Waals surface area contributed by atoms with Crippen molar-refractivity contribution >= 4 is 29.9 Å². The van der Waals surface area contributed by atoms with Crippen LogP contribution in [0.1, 0.15) is 11.6 Å². The summed E-state index contributed by atoms with van der Waals surface area (Å²) < 4.78 is 12.7. The van der Waals surface area contributed by atoms with Crippen LogP contribution < -0.4 is 4.90 Å². The molecule has 10 heteroatoms. The molecule has 136 valence electrons. The summed E-state index contributed by atoms with van der Waals surface area (Å²) >= 11 is 6.84. The van der Waals surface area contributed by atoms with Gasteiger partial charge in [-0.3, -0.25) is 4.90 Å². The molecule has 0 bridgehead atoms. The molecule has 0 atom stereocenters. The average Bonchev–Trinajstić information content (AvgIpc) is 2.93. The fourth-order valence-corrected chi connectivity index (χ4v) is 3.35. The van der Waals surface area contributed by atoms with E-state index in [9.17, 15) is 0 Å². The van der Waals surface area contributed by atoms with Crippen molar-refractivity contribution in [3.63, 3.8) is 0 Å². The van der Waals surface area contributed by atoms with Crippen LogP contribution in [0.15, 0.2) is 15.5 Å². The van der Waals surface area contributed by atoms with E-state index >= 15 is 0 Å². The van der Waals surface area contributed by atoms with Gasteiger partial charge in [0.1, 0.15) is 5.03 Å². The standard InChI is InChI=1S/C15H22N6O2S2/c1-11-8-13(17-14(16-11)19(2)3)25-9-12-18-21(15(24)23-12)10-20-4-6-22-7-5-20/h8H,4-7,9-10H2,1-3H3. The lowest BCUT2D eigenvalue weighted by atomic mass is 10.4. The van der Waals surface area contributed by atoms with E-state index in [1.807, 2.05) is 32.0 Å². The predicted octanol–water partition coefficient (Wildman–Crippen LogP) is 1.95. The molecule has 0 aliphatic carbocycles. The quantitative estimate of drug-likeness (QED) is 0.423. The Labute approximate surface area is 156 Å². The predicted molar refractivity (Wildman–Crippen MR) is 98.4 cm³/mol. The second-order valence-electron chi connectivity index (χ2n) is 5.96. The van der Waals surface area contributed by atoms with E-state index in [1.165, 1.54) is 0 Å². The molecule has 1 aliphatic heterocycles. The Morgan fingerprint density at radius 2 is 2.04 bits per heavy atom. The first-order chi connectivity index (χ1) is 12.0. The molecule has 3 rings (SSSR count). The summed E-state index contributed by atoms with van der Waals surface area (Å²) in [7, 11) is 3.85. The van der Waals surface area contributed by atoms with Crippen LogP contribution in [0.3, 0.4) is 0 Å². The maximum absolute atomic E-state index is 5.62. The van der Waals surface area contributed by atoms with Crippen LogP contribution in [-0.2, 0) is 17.2 Å². The van der Waals surface area contributed by atoms with E-state index in [0.29, 0.717) is 29.1 Å². The van der Waals surface area contributed by atoms with Crippen molar-refractivity contribution in [2.24, 2.45) is 0 Å². The van der Waals surface area contributed by atoms with Crippen LogP contribution in [-0.4, -0.2) is 65.0 Å². The topological polar surface area (TPSA) is 72.5 Å². The minimum Gasteiger partial charge on any atom is -0.413 e. The van der Waals surface area contributed by atoms with E-state index in [2.05, 4.69) is 20.0 Å². The monoisotopic (exact) mass is 382 g/mol. The lowest BCUT2D eigenvalue weighted by molar-refractivity contribution is 0.0206. The van der Waals surface area contributed by atoms with Crippen molar-refractivity contribution in [2.75, 3.05) is 45.3 Å². The number of nitrogens with zero attached hydrogens (tertiary/aromatic N) is 6. The van der Waals surface area contributed by atoms with Gasteiger partial charge in [-0.15, -0.1) is 5.10 Å². The molecule has 1 fully saturated rings. The summed E-state index contributed by atoms with van der Waals surface area (Å²) in [5, 5.41) is 5.38. The van der Waals surface area contributed by atoms with Gasteiger partial charge in [0.2, 0.25) is 11.8 Å². The van der Waals surface area contributed by atoms with Crippen LogP contribution in [0.25, 0.3) is 0 Å². The van der Waals surface area contributed by atoms with Gasteiger partial charge in [0, 0.05) is 32.9 Å². The number of aromatic nitrogens is 4. The van der Waals surface area contributed by atoms with Crippen LogP contribution in [0.4, 0.5) is 5.95 Å². The molecule has 8 nitrogen and oxygen atoms in total. The summed E-state index contributed by atoms with van der Waals surface area (Å²) in [6.07, 6.45) is 0. The van der Waals surface area contributed by atoms with Gasteiger partial charge in [0.05, 0.1) is 25.6 Å². The maximum atomic E-state index is 5.62. The highest BCUT2D eigenvalue weighted by Gasteiger charge is 2.14. The number of thioether (sulfide) groups is 1. The number of hydrogen-bond acceptors (Lipinski definition) is 9. The zero-order chi connectivity index (χ0) is 17.8. The number of morpholine rings is 1. The summed E-state index contributed by atoms with van der Waals surface area (Å²) in [5.74, 6) is 1.87. The van der Waals surface area contributed by atoms with Crippen LogP contribution in [0.2, 0.25) is 0 Å². The van der Waals surface area contributed by atoms with Gasteiger partial charge in [-0.25, -0.2) is 14.6 Å². The summed E-state index contributed by atoms with van der Waals surface area (Å²) in [6.45, 7) is 5.85. The van der Waals surface area contributed by atoms with E-state index in [-0.39, 0.29) is 0 Å². The molecule has 0 radical (unpaired) electrons. The molecule has 25 heavy (non-hydrogen) atoms. The SMILES string of the molecule is Cc1cc(SCc2nn(CN3CCOCC3)c(=S)o2)nc(N(C)C)n1. The Morgan fingerprint density at radius 1 is 1.28 bits per heavy atom. The molecule has 2 aromatic rings. The number of ether oxygens (including phenoxy) is 1. The lowest BCUT2D eigenvalue weighted by Gasteiger charge is -2.25. The second-order valence-corrected chi connectivity index (χ2v) is 7.31. The van der Waals surface area contributed by atoms with E-state index in [0.717, 1.165) is 37.0 Å². The van der Waals surface area contributed by atoms with E-state index in [1.54, 1.807) is 16.4 Å². The summed E-state index contributed by atoms with van der Waals surface area (Å²) in [5.41, 5.74) is 0.931. The minimum atomic E-state index is 0.398. The number of anilines is 1. The van der Waals surface area contributed by atoms with Gasteiger partial charge >= 0.3 is 0 Å². The van der Waals surface area contributed by atoms with Crippen molar-refractivity contribution in [1.29, 1.82) is 0 Å². The Bertz CT molecular complexity index is 770. The molecule has 1 saturated heterocycles. The van der Waals surface area contributed by atoms with Gasteiger partial charge in [-0.05, 0) is 25.2 Å². The normalized spacial score (nSPS) is 15.5. The molecule has 0 spiro atoms. The fourth-order valence-electron chi connectivity index (χ4n) is 2.36. The van der Waals surface area contributed by atoms with Crippen LogP contribution in [0.5, 0.6) is 0 Å². The number of hydrogen-bond donors (Lipinski definition) is 0. The lowest BCUT2D eigenvalue weighted by Crippen LogP contribution is -2.37. The fraction of sp³-hybridized carbons (Fsp3) is 0.600. The zero-order valence-electron chi connectivity index (χ0n) is 14.6. The van der Waals surface area contributed by atoms with Crippen molar-refractivity contribution in [1.82, 2.24) is 24.6 Å². The third-order valence-electron chi connectivity index (χ3n) is 3.65.